The molecule has 0 bridgehead atoms. The summed E-state index contributed by atoms with van der Waals surface area (Å²) in [5, 5.41) is 1.14. The molecule has 0 N–H and O–H groups in total. The number of nitrogens with zero attached hydrogens (tertiary/aromatic N) is 3. The van der Waals surface area contributed by atoms with Crippen LogP contribution >= 0.6 is 11.3 Å². The van der Waals surface area contributed by atoms with E-state index in [4.69, 9.17) is 0 Å². The minimum atomic E-state index is -0.000750. The third-order valence-corrected chi connectivity index (χ3v) is 4.15. The summed E-state index contributed by atoms with van der Waals surface area (Å²) in [6.07, 6.45) is 5.68. The maximum absolute atomic E-state index is 11.6. The molecule has 0 unspecified atom stereocenters. The Morgan fingerprint density at radius 1 is 1.59 bits per heavy atom. The normalized spacial score (nSPS) is 14.7. The van der Waals surface area contributed by atoms with E-state index in [9.17, 15) is 4.79 Å². The molecule has 3 rings (SSSR count). The predicted molar refractivity (Wildman–Crippen MR) is 66.7 cm³/mol. The molecular formula is C12H11N3OS. The first kappa shape index (κ1) is 10.4. The largest absolute Gasteiger partial charge is 0.334 e. The van der Waals surface area contributed by atoms with E-state index in [1.807, 2.05) is 11.1 Å². The fourth-order valence-corrected chi connectivity index (χ4v) is 3.33. The molecule has 86 valence electrons. The van der Waals surface area contributed by atoms with Gasteiger partial charge in [-0.15, -0.1) is 11.3 Å². The second kappa shape index (κ2) is 3.92. The average Bonchev–Trinajstić information content (AvgIpc) is 2.75. The summed E-state index contributed by atoms with van der Waals surface area (Å²) in [5.74, 6) is -0.000750. The number of carbonyl (C=O) groups is 1. The van der Waals surface area contributed by atoms with Gasteiger partial charge in [0.25, 0.3) is 0 Å². The lowest BCUT2D eigenvalue weighted by Crippen LogP contribution is -2.33. The number of hydrogen-bond acceptors (Lipinski definition) is 4. The van der Waals surface area contributed by atoms with E-state index >= 15 is 0 Å². The van der Waals surface area contributed by atoms with E-state index < -0.39 is 0 Å². The van der Waals surface area contributed by atoms with Crippen LogP contribution in [0.15, 0.2) is 25.2 Å². The van der Waals surface area contributed by atoms with Gasteiger partial charge in [-0.2, -0.15) is 0 Å². The SMILES string of the molecule is C=CC(=O)N1CCc2c(sc3ncncc23)C1. The molecule has 2 aromatic rings. The average molecular weight is 245 g/mol. The third-order valence-electron chi connectivity index (χ3n) is 3.01. The summed E-state index contributed by atoms with van der Waals surface area (Å²) in [5.41, 5.74) is 1.30. The highest BCUT2D eigenvalue weighted by molar-refractivity contribution is 7.18. The molecular weight excluding hydrogens is 234 g/mol. The zero-order chi connectivity index (χ0) is 11.8. The van der Waals surface area contributed by atoms with Gasteiger partial charge in [0.15, 0.2) is 0 Å². The minimum Gasteiger partial charge on any atom is -0.334 e. The molecule has 0 fully saturated rings. The Balaban J connectivity index is 2.03. The van der Waals surface area contributed by atoms with Gasteiger partial charge in [0.2, 0.25) is 5.91 Å². The summed E-state index contributed by atoms with van der Waals surface area (Å²) in [7, 11) is 0. The van der Waals surface area contributed by atoms with Crippen molar-refractivity contribution in [1.29, 1.82) is 0 Å². The smallest absolute Gasteiger partial charge is 0.246 e. The summed E-state index contributed by atoms with van der Waals surface area (Å²) in [6.45, 7) is 4.94. The van der Waals surface area contributed by atoms with Gasteiger partial charge in [-0.1, -0.05) is 6.58 Å². The van der Waals surface area contributed by atoms with E-state index in [-0.39, 0.29) is 5.91 Å². The van der Waals surface area contributed by atoms with Crippen LogP contribution < -0.4 is 0 Å². The van der Waals surface area contributed by atoms with Crippen molar-refractivity contribution in [1.82, 2.24) is 14.9 Å². The van der Waals surface area contributed by atoms with E-state index in [1.165, 1.54) is 16.5 Å². The highest BCUT2D eigenvalue weighted by atomic mass is 32.1. The lowest BCUT2D eigenvalue weighted by molar-refractivity contribution is -0.126. The van der Waals surface area contributed by atoms with Gasteiger partial charge in [0.05, 0.1) is 6.54 Å². The molecule has 0 radical (unpaired) electrons. The van der Waals surface area contributed by atoms with Crippen LogP contribution in [0.4, 0.5) is 0 Å². The molecule has 1 aliphatic rings. The van der Waals surface area contributed by atoms with E-state index in [2.05, 4.69) is 16.5 Å². The summed E-state index contributed by atoms with van der Waals surface area (Å²) >= 11 is 1.65. The molecule has 2 aromatic heterocycles. The number of aromatic nitrogens is 2. The molecule has 5 heteroatoms. The van der Waals surface area contributed by atoms with Crippen LogP contribution in [0.1, 0.15) is 10.4 Å². The molecule has 17 heavy (non-hydrogen) atoms. The Hall–Kier alpha value is -1.75. The monoisotopic (exact) mass is 245 g/mol. The van der Waals surface area contributed by atoms with Crippen LogP contribution in [0.3, 0.4) is 0 Å². The van der Waals surface area contributed by atoms with Gasteiger partial charge in [-0.3, -0.25) is 4.79 Å². The molecule has 3 heterocycles. The van der Waals surface area contributed by atoms with Crippen molar-refractivity contribution >= 4 is 27.5 Å². The van der Waals surface area contributed by atoms with Crippen molar-refractivity contribution in [2.45, 2.75) is 13.0 Å². The molecule has 1 aliphatic heterocycles. The topological polar surface area (TPSA) is 46.1 Å². The molecule has 0 aliphatic carbocycles. The van der Waals surface area contributed by atoms with Crippen molar-refractivity contribution in [3.05, 3.63) is 35.6 Å². The first-order chi connectivity index (χ1) is 8.29. The maximum atomic E-state index is 11.6. The lowest BCUT2D eigenvalue weighted by atomic mass is 10.1. The number of carbonyl (C=O) groups excluding carboxylic acids is 1. The quantitative estimate of drug-likeness (QED) is 0.719. The predicted octanol–water partition coefficient (Wildman–Crippen LogP) is 1.76. The maximum Gasteiger partial charge on any atom is 0.246 e. The first-order valence-corrected chi connectivity index (χ1v) is 6.23. The second-order valence-electron chi connectivity index (χ2n) is 3.96. The van der Waals surface area contributed by atoms with Gasteiger partial charge in [-0.25, -0.2) is 9.97 Å². The molecule has 0 atom stereocenters. The minimum absolute atomic E-state index is 0.000750. The van der Waals surface area contributed by atoms with Gasteiger partial charge in [0.1, 0.15) is 11.2 Å². The van der Waals surface area contributed by atoms with Crippen molar-refractivity contribution in [3.63, 3.8) is 0 Å². The highest BCUT2D eigenvalue weighted by Gasteiger charge is 2.23. The molecule has 1 amide bonds. The van der Waals surface area contributed by atoms with Gasteiger partial charge in [0, 0.05) is 23.0 Å². The Labute approximate surface area is 103 Å². The van der Waals surface area contributed by atoms with E-state index in [0.717, 1.165) is 23.2 Å². The second-order valence-corrected chi connectivity index (χ2v) is 5.04. The summed E-state index contributed by atoms with van der Waals surface area (Å²) in [4.78, 5) is 24.0. The molecule has 0 spiro atoms. The fourth-order valence-electron chi connectivity index (χ4n) is 2.15. The summed E-state index contributed by atoms with van der Waals surface area (Å²) < 4.78 is 0. The van der Waals surface area contributed by atoms with Crippen LogP contribution in [0, 0.1) is 0 Å². The number of rotatable bonds is 1. The van der Waals surface area contributed by atoms with Crippen molar-refractivity contribution in [2.24, 2.45) is 0 Å². The number of fused-ring (bicyclic) bond motifs is 3. The molecule has 0 aromatic carbocycles. The Morgan fingerprint density at radius 2 is 2.47 bits per heavy atom. The van der Waals surface area contributed by atoms with Crippen LogP contribution in [0.25, 0.3) is 10.2 Å². The van der Waals surface area contributed by atoms with E-state index in [0.29, 0.717) is 6.54 Å². The van der Waals surface area contributed by atoms with Gasteiger partial charge < -0.3 is 4.90 Å². The van der Waals surface area contributed by atoms with Gasteiger partial charge in [-0.05, 0) is 18.1 Å². The van der Waals surface area contributed by atoms with Crippen molar-refractivity contribution in [3.8, 4) is 0 Å². The standard InChI is InChI=1S/C12H11N3OS/c1-2-11(16)15-4-3-8-9-5-13-7-14-12(9)17-10(8)6-15/h2,5,7H,1,3-4,6H2. The number of amides is 1. The van der Waals surface area contributed by atoms with Crippen LogP contribution in [-0.2, 0) is 17.8 Å². The zero-order valence-electron chi connectivity index (χ0n) is 9.22. The van der Waals surface area contributed by atoms with E-state index in [1.54, 1.807) is 17.7 Å². The van der Waals surface area contributed by atoms with Crippen molar-refractivity contribution in [2.75, 3.05) is 6.54 Å². The number of hydrogen-bond donors (Lipinski definition) is 0. The fraction of sp³-hybridized carbons (Fsp3) is 0.250. The highest BCUT2D eigenvalue weighted by Crippen LogP contribution is 2.33. The Kier molecular flexibility index (Phi) is 2.40. The zero-order valence-corrected chi connectivity index (χ0v) is 10.0. The van der Waals surface area contributed by atoms with Crippen LogP contribution in [0.5, 0.6) is 0 Å². The number of thiophene rings is 1. The lowest BCUT2D eigenvalue weighted by Gasteiger charge is -2.25. The van der Waals surface area contributed by atoms with Crippen LogP contribution in [0.2, 0.25) is 0 Å². The third kappa shape index (κ3) is 1.63. The Bertz CT molecular complexity index is 605. The summed E-state index contributed by atoms with van der Waals surface area (Å²) in [6, 6.07) is 0. The van der Waals surface area contributed by atoms with Crippen molar-refractivity contribution < 1.29 is 4.79 Å². The molecule has 0 saturated carbocycles. The van der Waals surface area contributed by atoms with Crippen LogP contribution in [-0.4, -0.2) is 27.3 Å². The molecule has 4 nitrogen and oxygen atoms in total. The molecule has 0 saturated heterocycles. The van der Waals surface area contributed by atoms with Gasteiger partial charge >= 0.3 is 0 Å². The first-order valence-electron chi connectivity index (χ1n) is 5.41. The Morgan fingerprint density at radius 3 is 3.29 bits per heavy atom.